The van der Waals surface area contributed by atoms with Crippen LogP contribution in [0.3, 0.4) is 0 Å². The molecule has 30 heavy (non-hydrogen) atoms. The number of carbonyl (C=O) groups excluding carboxylic acids is 1. The first-order valence-corrected chi connectivity index (χ1v) is 11.1. The summed E-state index contributed by atoms with van der Waals surface area (Å²) in [6.45, 7) is 2.73. The molecule has 1 aliphatic heterocycles. The van der Waals surface area contributed by atoms with Crippen LogP contribution in [0.1, 0.15) is 22.8 Å². The van der Waals surface area contributed by atoms with Crippen LogP contribution in [0.25, 0.3) is 0 Å². The zero-order valence-electron chi connectivity index (χ0n) is 15.9. The molecule has 11 heteroatoms. The Morgan fingerprint density at radius 3 is 2.60 bits per heavy atom. The first kappa shape index (κ1) is 22.5. The van der Waals surface area contributed by atoms with E-state index in [1.165, 1.54) is 40.7 Å². The number of hydrogen-bond acceptors (Lipinski definition) is 6. The summed E-state index contributed by atoms with van der Waals surface area (Å²) in [5.41, 5.74) is 2.99. The first-order valence-electron chi connectivity index (χ1n) is 8.91. The minimum atomic E-state index is -3.73. The molecule has 2 aromatic carbocycles. The number of nitrogens with zero attached hydrogens (tertiary/aromatic N) is 2. The van der Waals surface area contributed by atoms with Crippen molar-refractivity contribution in [2.24, 2.45) is 5.10 Å². The summed E-state index contributed by atoms with van der Waals surface area (Å²) in [5, 5.41) is 14.4. The van der Waals surface area contributed by atoms with E-state index in [1.807, 2.05) is 0 Å². The topological polar surface area (TPSA) is 108 Å². The third-order valence-electron chi connectivity index (χ3n) is 4.45. The number of morpholine rings is 1. The molecule has 2 N–H and O–H groups in total. The van der Waals surface area contributed by atoms with E-state index in [1.54, 1.807) is 6.92 Å². The minimum Gasteiger partial charge on any atom is -0.506 e. The van der Waals surface area contributed by atoms with Gasteiger partial charge in [0.2, 0.25) is 10.0 Å². The van der Waals surface area contributed by atoms with Crippen LogP contribution < -0.4 is 5.43 Å². The molecule has 1 fully saturated rings. The second-order valence-corrected chi connectivity index (χ2v) is 9.25. The van der Waals surface area contributed by atoms with Gasteiger partial charge >= 0.3 is 0 Å². The van der Waals surface area contributed by atoms with Gasteiger partial charge in [0.25, 0.3) is 5.91 Å². The van der Waals surface area contributed by atoms with Gasteiger partial charge in [-0.1, -0.05) is 29.3 Å². The summed E-state index contributed by atoms with van der Waals surface area (Å²) in [4.78, 5) is 12.5. The molecule has 0 saturated carbocycles. The molecular formula is C19H19Cl2N3O5S. The molecule has 0 spiro atoms. The van der Waals surface area contributed by atoms with Crippen molar-refractivity contribution >= 4 is 44.8 Å². The van der Waals surface area contributed by atoms with E-state index >= 15 is 0 Å². The molecule has 1 aliphatic rings. The lowest BCUT2D eigenvalue weighted by Gasteiger charge is -2.26. The fraction of sp³-hybridized carbons (Fsp3) is 0.263. The van der Waals surface area contributed by atoms with Crippen LogP contribution in [0.15, 0.2) is 46.4 Å². The highest BCUT2D eigenvalue weighted by molar-refractivity contribution is 7.89. The van der Waals surface area contributed by atoms with Gasteiger partial charge in [-0.15, -0.1) is 0 Å². The first-order chi connectivity index (χ1) is 14.2. The number of halogens is 2. The SMILES string of the molecule is CC(=NNC(=O)c1cccc(S(=O)(=O)N2CCOCC2)c1)c1cc(Cl)cc(Cl)c1O. The molecule has 1 amide bonds. The third-order valence-corrected chi connectivity index (χ3v) is 6.85. The van der Waals surface area contributed by atoms with E-state index in [4.69, 9.17) is 27.9 Å². The summed E-state index contributed by atoms with van der Waals surface area (Å²) in [5.74, 6) is -0.823. The fourth-order valence-corrected chi connectivity index (χ4v) is 4.78. The Kier molecular flexibility index (Phi) is 6.99. The molecule has 3 rings (SSSR count). The number of sulfonamides is 1. The van der Waals surface area contributed by atoms with E-state index in [9.17, 15) is 18.3 Å². The highest BCUT2D eigenvalue weighted by Gasteiger charge is 2.26. The number of ether oxygens (including phenoxy) is 1. The maximum atomic E-state index is 12.8. The number of phenolic OH excluding ortho intramolecular Hbond substituents is 1. The number of hydrazone groups is 1. The van der Waals surface area contributed by atoms with Crippen molar-refractivity contribution in [1.82, 2.24) is 9.73 Å². The number of rotatable bonds is 5. The number of phenols is 1. The Labute approximate surface area is 184 Å². The Morgan fingerprint density at radius 2 is 1.90 bits per heavy atom. The fourth-order valence-electron chi connectivity index (χ4n) is 2.84. The lowest BCUT2D eigenvalue weighted by Crippen LogP contribution is -2.40. The van der Waals surface area contributed by atoms with Crippen LogP contribution in [-0.2, 0) is 14.8 Å². The van der Waals surface area contributed by atoms with E-state index in [-0.39, 0.29) is 45.6 Å². The van der Waals surface area contributed by atoms with E-state index < -0.39 is 15.9 Å². The third kappa shape index (κ3) is 4.93. The second kappa shape index (κ2) is 9.32. The van der Waals surface area contributed by atoms with Crippen LogP contribution in [0, 0.1) is 0 Å². The average Bonchev–Trinajstić information content (AvgIpc) is 2.75. The van der Waals surface area contributed by atoms with Gasteiger partial charge in [0.1, 0.15) is 5.75 Å². The summed E-state index contributed by atoms with van der Waals surface area (Å²) in [6.07, 6.45) is 0. The van der Waals surface area contributed by atoms with E-state index in [0.717, 1.165) is 0 Å². The Balaban J connectivity index is 1.80. The van der Waals surface area contributed by atoms with Crippen molar-refractivity contribution in [3.63, 3.8) is 0 Å². The Hall–Kier alpha value is -2.17. The van der Waals surface area contributed by atoms with Gasteiger partial charge in [-0.25, -0.2) is 13.8 Å². The predicted octanol–water partition coefficient (Wildman–Crippen LogP) is 2.87. The maximum absolute atomic E-state index is 12.8. The Bertz CT molecular complexity index is 1100. The van der Waals surface area contributed by atoms with Gasteiger partial charge in [0.15, 0.2) is 0 Å². The molecule has 0 atom stereocenters. The van der Waals surface area contributed by atoms with Crippen LogP contribution in [0.2, 0.25) is 10.0 Å². The van der Waals surface area contributed by atoms with E-state index in [0.29, 0.717) is 18.2 Å². The number of nitrogens with one attached hydrogen (secondary N) is 1. The normalized spacial score (nSPS) is 15.8. The largest absolute Gasteiger partial charge is 0.506 e. The van der Waals surface area contributed by atoms with Gasteiger partial charge in [-0.2, -0.15) is 9.41 Å². The lowest BCUT2D eigenvalue weighted by molar-refractivity contribution is 0.0730. The van der Waals surface area contributed by atoms with Gasteiger partial charge in [-0.3, -0.25) is 4.79 Å². The van der Waals surface area contributed by atoms with Gasteiger partial charge in [0.05, 0.1) is 28.8 Å². The molecule has 8 nitrogen and oxygen atoms in total. The molecule has 2 aromatic rings. The van der Waals surface area contributed by atoms with Crippen molar-refractivity contribution in [2.45, 2.75) is 11.8 Å². The average molecular weight is 472 g/mol. The summed E-state index contributed by atoms with van der Waals surface area (Å²) < 4.78 is 32.1. The Morgan fingerprint density at radius 1 is 1.20 bits per heavy atom. The van der Waals surface area contributed by atoms with Crippen LogP contribution >= 0.6 is 23.2 Å². The molecule has 0 aromatic heterocycles. The monoisotopic (exact) mass is 471 g/mol. The molecule has 0 bridgehead atoms. The van der Waals surface area contributed by atoms with Crippen LogP contribution in [0.5, 0.6) is 5.75 Å². The van der Waals surface area contributed by atoms with Crippen molar-refractivity contribution < 1.29 is 23.1 Å². The second-order valence-electron chi connectivity index (χ2n) is 6.47. The smallest absolute Gasteiger partial charge is 0.271 e. The van der Waals surface area contributed by atoms with Crippen molar-refractivity contribution in [3.8, 4) is 5.75 Å². The number of aromatic hydroxyl groups is 1. The molecule has 160 valence electrons. The van der Waals surface area contributed by atoms with Gasteiger partial charge in [0, 0.05) is 29.2 Å². The maximum Gasteiger partial charge on any atom is 0.271 e. The predicted molar refractivity (Wildman–Crippen MR) is 114 cm³/mol. The molecule has 1 heterocycles. The lowest BCUT2D eigenvalue weighted by atomic mass is 10.1. The van der Waals surface area contributed by atoms with Gasteiger partial charge < -0.3 is 9.84 Å². The number of hydrogen-bond donors (Lipinski definition) is 2. The number of carbonyl (C=O) groups is 1. The highest BCUT2D eigenvalue weighted by atomic mass is 35.5. The minimum absolute atomic E-state index is 0.0111. The zero-order chi connectivity index (χ0) is 21.9. The van der Waals surface area contributed by atoms with Crippen molar-refractivity contribution in [2.75, 3.05) is 26.3 Å². The summed E-state index contributed by atoms with van der Waals surface area (Å²) >= 11 is 11.8. The molecule has 0 aliphatic carbocycles. The summed E-state index contributed by atoms with van der Waals surface area (Å²) in [7, 11) is -3.73. The van der Waals surface area contributed by atoms with Crippen LogP contribution in [-0.4, -0.2) is 55.8 Å². The van der Waals surface area contributed by atoms with Crippen molar-refractivity contribution in [3.05, 3.63) is 57.6 Å². The molecule has 1 saturated heterocycles. The molecule has 0 radical (unpaired) electrons. The van der Waals surface area contributed by atoms with Crippen LogP contribution in [0.4, 0.5) is 0 Å². The van der Waals surface area contributed by atoms with Crippen molar-refractivity contribution in [1.29, 1.82) is 0 Å². The zero-order valence-corrected chi connectivity index (χ0v) is 18.3. The standard InChI is InChI=1S/C19H19Cl2N3O5S/c1-12(16-10-14(20)11-17(21)18(16)25)22-23-19(26)13-3-2-4-15(9-13)30(27,28)24-5-7-29-8-6-24/h2-4,9-11,25H,5-8H2,1H3,(H,23,26). The number of amides is 1. The molecular weight excluding hydrogens is 453 g/mol. The molecule has 0 unspecified atom stereocenters. The van der Waals surface area contributed by atoms with E-state index in [2.05, 4.69) is 10.5 Å². The van der Waals surface area contributed by atoms with Gasteiger partial charge in [-0.05, 0) is 37.3 Å². The highest BCUT2D eigenvalue weighted by Crippen LogP contribution is 2.31. The number of benzene rings is 2. The quantitative estimate of drug-likeness (QED) is 0.514. The summed E-state index contributed by atoms with van der Waals surface area (Å²) in [6, 6.07) is 8.53.